The minimum atomic E-state index is -1.75. The summed E-state index contributed by atoms with van der Waals surface area (Å²) in [5.74, 6) is -1.78. The summed E-state index contributed by atoms with van der Waals surface area (Å²) in [5, 5.41) is 21.6. The number of amides is 2. The number of carbonyl (C=O) groups excluding carboxylic acids is 2. The molecule has 7 N–H and O–H groups in total. The maximum absolute atomic E-state index is 13.0. The second-order valence-corrected chi connectivity index (χ2v) is 7.11. The molecule has 0 aliphatic heterocycles. The van der Waals surface area contributed by atoms with E-state index in [1.54, 1.807) is 12.1 Å². The molecule has 0 saturated heterocycles. The molecule has 0 aliphatic carbocycles. The Hall–Kier alpha value is -3.37. The van der Waals surface area contributed by atoms with Crippen LogP contribution >= 0.6 is 0 Å². The molecule has 0 aliphatic rings. The predicted octanol–water partition coefficient (Wildman–Crippen LogP) is -0.0240. The van der Waals surface area contributed by atoms with Crippen molar-refractivity contribution in [2.24, 2.45) is 16.5 Å². The number of nitrogens with two attached hydrogens (primary N) is 2. The van der Waals surface area contributed by atoms with Crippen LogP contribution in [0.2, 0.25) is 0 Å². The van der Waals surface area contributed by atoms with E-state index >= 15 is 0 Å². The SMILES string of the molecule is CN(CC(=O)NC(CCCN=C(N)N)B(O)O)C(=O)c1ccccc1-c1ccccc1. The first-order chi connectivity index (χ1) is 14.8. The first-order valence-corrected chi connectivity index (χ1v) is 9.90. The second-order valence-electron chi connectivity index (χ2n) is 7.11. The number of guanidine groups is 1. The van der Waals surface area contributed by atoms with Crippen LogP contribution in [0.15, 0.2) is 59.6 Å². The number of hydrogen-bond donors (Lipinski definition) is 5. The van der Waals surface area contributed by atoms with Gasteiger partial charge in [-0.15, -0.1) is 0 Å². The van der Waals surface area contributed by atoms with Gasteiger partial charge in [-0.05, 0) is 30.0 Å². The van der Waals surface area contributed by atoms with Crippen LogP contribution in [-0.2, 0) is 4.79 Å². The number of benzene rings is 2. The van der Waals surface area contributed by atoms with Crippen molar-refractivity contribution in [1.82, 2.24) is 10.2 Å². The molecule has 31 heavy (non-hydrogen) atoms. The van der Waals surface area contributed by atoms with Crippen molar-refractivity contribution in [3.63, 3.8) is 0 Å². The highest BCUT2D eigenvalue weighted by Gasteiger charge is 2.26. The largest absolute Gasteiger partial charge is 0.475 e. The van der Waals surface area contributed by atoms with Gasteiger partial charge >= 0.3 is 7.12 Å². The van der Waals surface area contributed by atoms with E-state index in [9.17, 15) is 19.6 Å². The average Bonchev–Trinajstić information content (AvgIpc) is 2.75. The zero-order valence-corrected chi connectivity index (χ0v) is 17.4. The zero-order valence-electron chi connectivity index (χ0n) is 17.4. The maximum atomic E-state index is 13.0. The quantitative estimate of drug-likeness (QED) is 0.156. The highest BCUT2D eigenvalue weighted by molar-refractivity contribution is 6.43. The molecule has 2 aromatic carbocycles. The van der Waals surface area contributed by atoms with E-state index in [4.69, 9.17) is 11.5 Å². The van der Waals surface area contributed by atoms with Crippen LogP contribution in [0.1, 0.15) is 23.2 Å². The minimum absolute atomic E-state index is 0.0546. The Morgan fingerprint density at radius 1 is 1.10 bits per heavy atom. The predicted molar refractivity (Wildman–Crippen MR) is 121 cm³/mol. The molecular weight excluding hydrogens is 397 g/mol. The van der Waals surface area contributed by atoms with Gasteiger partial charge in [-0.2, -0.15) is 0 Å². The van der Waals surface area contributed by atoms with Gasteiger partial charge < -0.3 is 31.7 Å². The fourth-order valence-corrected chi connectivity index (χ4v) is 3.10. The Morgan fingerprint density at radius 3 is 2.39 bits per heavy atom. The fraction of sp³-hybridized carbons (Fsp3) is 0.286. The Bertz CT molecular complexity index is 904. The van der Waals surface area contributed by atoms with Gasteiger partial charge in [0.05, 0.1) is 12.5 Å². The van der Waals surface area contributed by atoms with Crippen molar-refractivity contribution >= 4 is 24.9 Å². The number of hydrogen-bond acceptors (Lipinski definition) is 5. The standard InChI is InChI=1S/C21H28BN5O4/c1-27(14-19(28)26-18(22(30)31)12-7-13-25-21(23)24)20(29)17-11-6-5-10-16(17)15-8-3-2-4-9-15/h2-6,8-11,18,30-31H,7,12-14H2,1H3,(H,26,28)(H4,23,24,25). The lowest BCUT2D eigenvalue weighted by atomic mass is 9.76. The van der Waals surface area contributed by atoms with Gasteiger partial charge in [0.15, 0.2) is 5.96 Å². The van der Waals surface area contributed by atoms with Crippen LogP contribution in [0.4, 0.5) is 0 Å². The molecule has 9 nitrogen and oxygen atoms in total. The summed E-state index contributed by atoms with van der Waals surface area (Å²) in [4.78, 5) is 30.5. The Morgan fingerprint density at radius 2 is 1.74 bits per heavy atom. The Kier molecular flexibility index (Phi) is 9.04. The summed E-state index contributed by atoms with van der Waals surface area (Å²) in [6, 6.07) is 16.7. The Balaban J connectivity index is 2.01. The average molecular weight is 425 g/mol. The van der Waals surface area contributed by atoms with Crippen molar-refractivity contribution in [2.75, 3.05) is 20.1 Å². The summed E-state index contributed by atoms with van der Waals surface area (Å²) >= 11 is 0. The first kappa shape index (κ1) is 23.9. The third-order valence-electron chi connectivity index (χ3n) is 4.64. The normalized spacial score (nSPS) is 11.3. The molecule has 0 radical (unpaired) electrons. The van der Waals surface area contributed by atoms with Crippen LogP contribution in [0.5, 0.6) is 0 Å². The molecule has 0 spiro atoms. The minimum Gasteiger partial charge on any atom is -0.426 e. The number of aliphatic imine (C=N–C) groups is 1. The van der Waals surface area contributed by atoms with Gasteiger partial charge in [0.1, 0.15) is 0 Å². The summed E-state index contributed by atoms with van der Waals surface area (Å²) in [5.41, 5.74) is 12.6. The zero-order chi connectivity index (χ0) is 22.8. The van der Waals surface area contributed by atoms with Gasteiger partial charge in [0, 0.05) is 19.2 Å². The number of likely N-dealkylation sites (N-methyl/N-ethyl adjacent to an activating group) is 1. The van der Waals surface area contributed by atoms with Gasteiger partial charge in [-0.25, -0.2) is 0 Å². The summed E-state index contributed by atoms with van der Waals surface area (Å²) in [7, 11) is -0.227. The molecule has 0 fully saturated rings. The van der Waals surface area contributed by atoms with Crippen LogP contribution < -0.4 is 16.8 Å². The smallest absolute Gasteiger partial charge is 0.426 e. The second kappa shape index (κ2) is 11.7. The van der Waals surface area contributed by atoms with E-state index in [2.05, 4.69) is 10.3 Å². The van der Waals surface area contributed by atoms with Crippen LogP contribution in [-0.4, -0.2) is 65.9 Å². The lowest BCUT2D eigenvalue weighted by molar-refractivity contribution is -0.122. The lowest BCUT2D eigenvalue weighted by Gasteiger charge is -2.22. The monoisotopic (exact) mass is 425 g/mol. The maximum Gasteiger partial charge on any atom is 0.475 e. The van der Waals surface area contributed by atoms with E-state index in [0.717, 1.165) is 11.1 Å². The molecule has 0 heterocycles. The fourth-order valence-electron chi connectivity index (χ4n) is 3.10. The van der Waals surface area contributed by atoms with E-state index < -0.39 is 19.0 Å². The molecular formula is C21H28BN5O4. The van der Waals surface area contributed by atoms with Gasteiger partial charge in [-0.1, -0.05) is 48.5 Å². The Labute approximate surface area is 181 Å². The topological polar surface area (TPSA) is 154 Å². The third-order valence-corrected chi connectivity index (χ3v) is 4.64. The highest BCUT2D eigenvalue weighted by Crippen LogP contribution is 2.24. The van der Waals surface area contributed by atoms with Gasteiger partial charge in [0.2, 0.25) is 5.91 Å². The molecule has 0 bridgehead atoms. The molecule has 2 aromatic rings. The molecule has 0 aromatic heterocycles. The van der Waals surface area contributed by atoms with E-state index in [1.807, 2.05) is 42.5 Å². The highest BCUT2D eigenvalue weighted by atomic mass is 16.4. The van der Waals surface area contributed by atoms with Crippen molar-refractivity contribution in [2.45, 2.75) is 18.8 Å². The summed E-state index contributed by atoms with van der Waals surface area (Å²) in [6.45, 7) is 0.0646. The number of nitrogens with zero attached hydrogens (tertiary/aromatic N) is 2. The summed E-state index contributed by atoms with van der Waals surface area (Å²) < 4.78 is 0. The first-order valence-electron chi connectivity index (χ1n) is 9.90. The van der Waals surface area contributed by atoms with Crippen LogP contribution in [0.25, 0.3) is 11.1 Å². The van der Waals surface area contributed by atoms with Gasteiger partial charge in [0.25, 0.3) is 5.91 Å². The van der Waals surface area contributed by atoms with Crippen molar-refractivity contribution < 1.29 is 19.6 Å². The lowest BCUT2D eigenvalue weighted by Crippen LogP contribution is -2.49. The number of carbonyl (C=O) groups is 2. The number of nitrogens with one attached hydrogen (secondary N) is 1. The third kappa shape index (κ3) is 7.43. The van der Waals surface area contributed by atoms with Crippen molar-refractivity contribution in [1.29, 1.82) is 0 Å². The molecule has 164 valence electrons. The summed E-state index contributed by atoms with van der Waals surface area (Å²) in [6.07, 6.45) is 0.703. The number of rotatable bonds is 10. The molecule has 2 amide bonds. The molecule has 10 heteroatoms. The van der Waals surface area contributed by atoms with Crippen molar-refractivity contribution in [3.05, 3.63) is 60.2 Å². The van der Waals surface area contributed by atoms with E-state index in [-0.39, 0.29) is 24.8 Å². The molecule has 2 rings (SSSR count). The van der Waals surface area contributed by atoms with E-state index in [0.29, 0.717) is 18.5 Å². The molecule has 1 unspecified atom stereocenters. The van der Waals surface area contributed by atoms with Crippen LogP contribution in [0.3, 0.4) is 0 Å². The van der Waals surface area contributed by atoms with Gasteiger partial charge in [-0.3, -0.25) is 14.6 Å². The van der Waals surface area contributed by atoms with Crippen molar-refractivity contribution in [3.8, 4) is 11.1 Å². The van der Waals surface area contributed by atoms with E-state index in [1.165, 1.54) is 11.9 Å². The van der Waals surface area contributed by atoms with Crippen LogP contribution in [0, 0.1) is 0 Å². The molecule has 1 atom stereocenters. The molecule has 0 saturated carbocycles.